The lowest BCUT2D eigenvalue weighted by atomic mass is 10.0. The second-order valence-electron chi connectivity index (χ2n) is 5.59. The molecular weight excluding hydrogens is 271 g/mol. The van der Waals surface area contributed by atoms with Crippen molar-refractivity contribution in [2.75, 3.05) is 13.7 Å². The summed E-state index contributed by atoms with van der Waals surface area (Å²) >= 11 is 0. The Kier molecular flexibility index (Phi) is 5.70. The number of hydrogen-bond acceptors (Lipinski definition) is 4. The van der Waals surface area contributed by atoms with Crippen molar-refractivity contribution in [3.8, 4) is 0 Å². The molecule has 1 aliphatic rings. The predicted octanol–water partition coefficient (Wildman–Crippen LogP) is 2.29. The van der Waals surface area contributed by atoms with Gasteiger partial charge in [0.25, 0.3) is 0 Å². The molecular formula is C16H23FN2O2. The van der Waals surface area contributed by atoms with Gasteiger partial charge in [-0.15, -0.1) is 0 Å². The van der Waals surface area contributed by atoms with Crippen LogP contribution in [-0.4, -0.2) is 36.7 Å². The SMILES string of the molecule is COC(=O)[C@@H]1CCCCN1N[C@@H](C)Cc1cccc(F)c1. The highest BCUT2D eigenvalue weighted by atomic mass is 19.1. The zero-order valence-electron chi connectivity index (χ0n) is 12.6. The van der Waals surface area contributed by atoms with E-state index in [0.717, 1.165) is 31.4 Å². The first-order valence-electron chi connectivity index (χ1n) is 7.45. The molecule has 0 unspecified atom stereocenters. The highest BCUT2D eigenvalue weighted by Gasteiger charge is 2.30. The van der Waals surface area contributed by atoms with Gasteiger partial charge in [-0.1, -0.05) is 12.1 Å². The van der Waals surface area contributed by atoms with Crippen LogP contribution in [0.15, 0.2) is 24.3 Å². The number of ether oxygens (including phenoxy) is 1. The Labute approximate surface area is 125 Å². The summed E-state index contributed by atoms with van der Waals surface area (Å²) < 4.78 is 18.1. The molecule has 1 aliphatic heterocycles. The van der Waals surface area contributed by atoms with Crippen LogP contribution in [0.2, 0.25) is 0 Å². The van der Waals surface area contributed by atoms with E-state index < -0.39 is 0 Å². The molecule has 0 saturated carbocycles. The first kappa shape index (κ1) is 15.9. The Bertz CT molecular complexity index is 481. The molecule has 0 aliphatic carbocycles. The molecule has 1 aromatic rings. The Balaban J connectivity index is 1.93. The van der Waals surface area contributed by atoms with Crippen LogP contribution in [0.5, 0.6) is 0 Å². The molecule has 21 heavy (non-hydrogen) atoms. The van der Waals surface area contributed by atoms with Gasteiger partial charge in [0.15, 0.2) is 0 Å². The Morgan fingerprint density at radius 3 is 3.05 bits per heavy atom. The van der Waals surface area contributed by atoms with Crippen molar-refractivity contribution >= 4 is 5.97 Å². The number of methoxy groups -OCH3 is 1. The minimum Gasteiger partial charge on any atom is -0.468 e. The lowest BCUT2D eigenvalue weighted by Crippen LogP contribution is -2.55. The van der Waals surface area contributed by atoms with Gasteiger partial charge in [-0.25, -0.2) is 9.40 Å². The van der Waals surface area contributed by atoms with Crippen molar-refractivity contribution in [1.82, 2.24) is 10.4 Å². The van der Waals surface area contributed by atoms with Gasteiger partial charge in [-0.3, -0.25) is 10.2 Å². The normalized spacial score (nSPS) is 21.0. The van der Waals surface area contributed by atoms with Crippen LogP contribution in [-0.2, 0) is 16.0 Å². The molecule has 2 rings (SSSR count). The third-order valence-electron chi connectivity index (χ3n) is 3.79. The van der Waals surface area contributed by atoms with Crippen LogP contribution in [0, 0.1) is 5.82 Å². The van der Waals surface area contributed by atoms with E-state index in [1.54, 1.807) is 12.1 Å². The van der Waals surface area contributed by atoms with Gasteiger partial charge in [0.05, 0.1) is 7.11 Å². The number of carbonyl (C=O) groups is 1. The molecule has 0 bridgehead atoms. The summed E-state index contributed by atoms with van der Waals surface area (Å²) in [5, 5.41) is 1.97. The van der Waals surface area contributed by atoms with E-state index in [1.165, 1.54) is 13.2 Å². The zero-order chi connectivity index (χ0) is 15.2. The molecule has 1 N–H and O–H groups in total. The van der Waals surface area contributed by atoms with Gasteiger partial charge in [-0.05, 0) is 50.3 Å². The van der Waals surface area contributed by atoms with Crippen molar-refractivity contribution in [2.24, 2.45) is 0 Å². The zero-order valence-corrected chi connectivity index (χ0v) is 12.6. The molecule has 0 amide bonds. The smallest absolute Gasteiger partial charge is 0.324 e. The highest BCUT2D eigenvalue weighted by Crippen LogP contribution is 2.17. The standard InChI is InChI=1S/C16H23FN2O2/c1-12(10-13-6-5-7-14(17)11-13)18-19-9-4-3-8-15(19)16(20)21-2/h5-7,11-12,15,18H,3-4,8-10H2,1-2H3/t12-,15-/m0/s1. The van der Waals surface area contributed by atoms with Gasteiger partial charge < -0.3 is 4.74 Å². The number of nitrogens with zero attached hydrogens (tertiary/aromatic N) is 1. The summed E-state index contributed by atoms with van der Waals surface area (Å²) in [5.41, 5.74) is 4.31. The van der Waals surface area contributed by atoms with Crippen LogP contribution in [0.4, 0.5) is 4.39 Å². The maximum atomic E-state index is 13.2. The van der Waals surface area contributed by atoms with Gasteiger partial charge in [0, 0.05) is 12.6 Å². The van der Waals surface area contributed by atoms with E-state index >= 15 is 0 Å². The Morgan fingerprint density at radius 2 is 2.33 bits per heavy atom. The number of benzene rings is 1. The molecule has 116 valence electrons. The molecule has 2 atom stereocenters. The first-order valence-corrected chi connectivity index (χ1v) is 7.45. The lowest BCUT2D eigenvalue weighted by molar-refractivity contribution is -0.150. The minimum absolute atomic E-state index is 0.122. The van der Waals surface area contributed by atoms with E-state index in [9.17, 15) is 9.18 Å². The number of hydrogen-bond donors (Lipinski definition) is 1. The summed E-state index contributed by atoms with van der Waals surface area (Å²) in [5.74, 6) is -0.412. The Hall–Kier alpha value is -1.46. The molecule has 0 aromatic heterocycles. The molecule has 1 aromatic carbocycles. The van der Waals surface area contributed by atoms with Crippen LogP contribution in [0.25, 0.3) is 0 Å². The summed E-state index contributed by atoms with van der Waals surface area (Å²) in [6, 6.07) is 6.52. The maximum absolute atomic E-state index is 13.2. The number of rotatable bonds is 5. The fourth-order valence-corrected chi connectivity index (χ4v) is 2.81. The van der Waals surface area contributed by atoms with Crippen LogP contribution in [0.3, 0.4) is 0 Å². The van der Waals surface area contributed by atoms with E-state index in [0.29, 0.717) is 6.42 Å². The fraction of sp³-hybridized carbons (Fsp3) is 0.562. The lowest BCUT2D eigenvalue weighted by Gasteiger charge is -2.36. The predicted molar refractivity (Wildman–Crippen MR) is 79.1 cm³/mol. The Morgan fingerprint density at radius 1 is 1.52 bits per heavy atom. The van der Waals surface area contributed by atoms with Gasteiger partial charge in [-0.2, -0.15) is 0 Å². The second-order valence-corrected chi connectivity index (χ2v) is 5.59. The number of nitrogens with one attached hydrogen (secondary N) is 1. The summed E-state index contributed by atoms with van der Waals surface area (Å²) in [6.45, 7) is 2.86. The number of carbonyl (C=O) groups excluding carboxylic acids is 1. The monoisotopic (exact) mass is 294 g/mol. The average molecular weight is 294 g/mol. The van der Waals surface area contributed by atoms with Crippen molar-refractivity contribution in [3.05, 3.63) is 35.6 Å². The molecule has 0 radical (unpaired) electrons. The van der Waals surface area contributed by atoms with Crippen LogP contribution < -0.4 is 5.43 Å². The average Bonchev–Trinajstić information content (AvgIpc) is 2.47. The van der Waals surface area contributed by atoms with E-state index in [2.05, 4.69) is 5.43 Å². The molecule has 1 fully saturated rings. The van der Waals surface area contributed by atoms with E-state index in [4.69, 9.17) is 4.74 Å². The first-order chi connectivity index (χ1) is 10.1. The van der Waals surface area contributed by atoms with E-state index in [1.807, 2.05) is 18.0 Å². The second kappa shape index (κ2) is 7.52. The number of halogens is 1. The molecule has 0 spiro atoms. The topological polar surface area (TPSA) is 41.6 Å². The quantitative estimate of drug-likeness (QED) is 0.846. The van der Waals surface area contributed by atoms with Gasteiger partial charge in [0.1, 0.15) is 11.9 Å². The molecule has 1 saturated heterocycles. The largest absolute Gasteiger partial charge is 0.468 e. The van der Waals surface area contributed by atoms with E-state index in [-0.39, 0.29) is 23.9 Å². The number of hydrazine groups is 1. The van der Waals surface area contributed by atoms with Crippen LogP contribution in [0.1, 0.15) is 31.7 Å². The van der Waals surface area contributed by atoms with Crippen LogP contribution >= 0.6 is 0 Å². The van der Waals surface area contributed by atoms with Gasteiger partial charge >= 0.3 is 5.97 Å². The van der Waals surface area contributed by atoms with Crippen molar-refractivity contribution in [2.45, 2.75) is 44.7 Å². The highest BCUT2D eigenvalue weighted by molar-refractivity contribution is 5.75. The summed E-state index contributed by atoms with van der Waals surface area (Å²) in [6.07, 6.45) is 3.62. The van der Waals surface area contributed by atoms with Crippen molar-refractivity contribution in [3.63, 3.8) is 0 Å². The molecule has 5 heteroatoms. The fourth-order valence-electron chi connectivity index (χ4n) is 2.81. The number of esters is 1. The third kappa shape index (κ3) is 4.51. The number of piperidine rings is 1. The van der Waals surface area contributed by atoms with Gasteiger partial charge in [0.2, 0.25) is 0 Å². The minimum atomic E-state index is -0.223. The maximum Gasteiger partial charge on any atom is 0.324 e. The molecule has 1 heterocycles. The van der Waals surface area contributed by atoms with Crippen molar-refractivity contribution < 1.29 is 13.9 Å². The molecule has 4 nitrogen and oxygen atoms in total. The third-order valence-corrected chi connectivity index (χ3v) is 3.79. The summed E-state index contributed by atoms with van der Waals surface area (Å²) in [7, 11) is 1.42. The summed E-state index contributed by atoms with van der Waals surface area (Å²) in [4.78, 5) is 11.8. The van der Waals surface area contributed by atoms with Crippen molar-refractivity contribution in [1.29, 1.82) is 0 Å².